The number of carbonyl (C=O) groups excluding carboxylic acids is 2. The Bertz CT molecular complexity index is 928. The lowest BCUT2D eigenvalue weighted by molar-refractivity contribution is -0.119. The normalized spacial score (nSPS) is 16.6. The highest BCUT2D eigenvalue weighted by Gasteiger charge is 2.33. The van der Waals surface area contributed by atoms with E-state index in [0.29, 0.717) is 50.7 Å². The monoisotopic (exact) mass is 370 g/mol. The number of amides is 2. The van der Waals surface area contributed by atoms with E-state index >= 15 is 0 Å². The van der Waals surface area contributed by atoms with E-state index in [4.69, 9.17) is 4.74 Å². The summed E-state index contributed by atoms with van der Waals surface area (Å²) < 4.78 is 8.40. The van der Waals surface area contributed by atoms with E-state index in [0.717, 1.165) is 24.1 Å². The maximum Gasteiger partial charge on any atom is 0.329 e. The molecule has 0 saturated heterocycles. The number of imidazole rings is 1. The molecule has 142 valence electrons. The first-order valence-electron chi connectivity index (χ1n) is 9.06. The number of carbonyl (C=O) groups is 2. The molecule has 0 fully saturated rings. The highest BCUT2D eigenvalue weighted by atomic mass is 16.5. The number of methoxy groups -OCH3 is 1. The molecule has 0 bridgehead atoms. The molecule has 1 aromatic heterocycles. The molecule has 0 saturated carbocycles. The van der Waals surface area contributed by atoms with Gasteiger partial charge in [0.25, 0.3) is 5.91 Å². The van der Waals surface area contributed by atoms with Crippen molar-refractivity contribution in [3.05, 3.63) is 51.7 Å². The van der Waals surface area contributed by atoms with Crippen molar-refractivity contribution in [3.8, 4) is 5.75 Å². The van der Waals surface area contributed by atoms with Gasteiger partial charge >= 0.3 is 5.69 Å². The Morgan fingerprint density at radius 3 is 2.52 bits per heavy atom. The van der Waals surface area contributed by atoms with Gasteiger partial charge < -0.3 is 14.5 Å². The Balaban J connectivity index is 1.67. The van der Waals surface area contributed by atoms with Gasteiger partial charge in [0.1, 0.15) is 11.4 Å². The van der Waals surface area contributed by atoms with Crippen LogP contribution in [0.4, 0.5) is 0 Å². The van der Waals surface area contributed by atoms with E-state index in [9.17, 15) is 14.4 Å². The molecule has 2 aliphatic heterocycles. The maximum atomic E-state index is 13.3. The highest BCUT2D eigenvalue weighted by molar-refractivity contribution is 5.94. The number of nitrogens with zero attached hydrogens (tertiary/aromatic N) is 4. The van der Waals surface area contributed by atoms with Crippen LogP contribution >= 0.6 is 0 Å². The van der Waals surface area contributed by atoms with Crippen molar-refractivity contribution in [1.29, 1.82) is 0 Å². The zero-order chi connectivity index (χ0) is 19.0. The van der Waals surface area contributed by atoms with Crippen LogP contribution in [0.1, 0.15) is 28.2 Å². The number of fused-ring (bicyclic) bond motifs is 3. The standard InChI is InChI=1S/C19H22N4O4/c1-27-15-5-3-14(4-6-15)11-21-7-2-8-23-17(18(21)25)16-12-20(13-24)9-10-22(16)19(23)26/h3-6,13H,2,7-12H2,1H3. The number of benzene rings is 1. The van der Waals surface area contributed by atoms with E-state index in [1.54, 1.807) is 26.0 Å². The number of aromatic nitrogens is 2. The second kappa shape index (κ2) is 6.94. The molecular weight excluding hydrogens is 348 g/mol. The van der Waals surface area contributed by atoms with Gasteiger partial charge in [0.05, 0.1) is 19.3 Å². The largest absolute Gasteiger partial charge is 0.497 e. The number of ether oxygens (including phenoxy) is 1. The van der Waals surface area contributed by atoms with Gasteiger partial charge in [-0.25, -0.2) is 4.79 Å². The zero-order valence-electron chi connectivity index (χ0n) is 15.3. The first-order chi connectivity index (χ1) is 13.1. The summed E-state index contributed by atoms with van der Waals surface area (Å²) in [6.07, 6.45) is 1.49. The highest BCUT2D eigenvalue weighted by Crippen LogP contribution is 2.22. The quantitative estimate of drug-likeness (QED) is 0.742. The van der Waals surface area contributed by atoms with Crippen molar-refractivity contribution >= 4 is 12.3 Å². The van der Waals surface area contributed by atoms with Gasteiger partial charge in [-0.2, -0.15) is 0 Å². The Kier molecular flexibility index (Phi) is 4.47. The van der Waals surface area contributed by atoms with E-state index in [1.807, 2.05) is 24.3 Å². The average Bonchev–Trinajstić information content (AvgIpc) is 2.87. The summed E-state index contributed by atoms with van der Waals surface area (Å²) in [5.41, 5.74) is 1.93. The van der Waals surface area contributed by atoms with E-state index in [1.165, 1.54) is 0 Å². The summed E-state index contributed by atoms with van der Waals surface area (Å²) in [5, 5.41) is 0. The van der Waals surface area contributed by atoms with Crippen LogP contribution in [0.5, 0.6) is 5.75 Å². The fraction of sp³-hybridized carbons (Fsp3) is 0.421. The maximum absolute atomic E-state index is 13.3. The van der Waals surface area contributed by atoms with Crippen LogP contribution in [0.3, 0.4) is 0 Å². The second-order valence-corrected chi connectivity index (χ2v) is 6.89. The van der Waals surface area contributed by atoms with Crippen molar-refractivity contribution in [3.63, 3.8) is 0 Å². The van der Waals surface area contributed by atoms with Crippen LogP contribution in [0.2, 0.25) is 0 Å². The predicted octanol–water partition coefficient (Wildman–Crippen LogP) is 0.677. The predicted molar refractivity (Wildman–Crippen MR) is 97.5 cm³/mol. The first kappa shape index (κ1) is 17.4. The lowest BCUT2D eigenvalue weighted by atomic mass is 10.1. The topological polar surface area (TPSA) is 76.8 Å². The van der Waals surface area contributed by atoms with Crippen molar-refractivity contribution in [2.45, 2.75) is 32.6 Å². The van der Waals surface area contributed by atoms with Gasteiger partial charge in [-0.1, -0.05) is 12.1 Å². The molecule has 0 aliphatic carbocycles. The molecule has 2 aromatic rings. The Morgan fingerprint density at radius 1 is 1.04 bits per heavy atom. The van der Waals surface area contributed by atoms with Crippen LogP contribution in [-0.4, -0.2) is 51.5 Å². The molecule has 3 heterocycles. The Morgan fingerprint density at radius 2 is 1.81 bits per heavy atom. The first-order valence-corrected chi connectivity index (χ1v) is 9.06. The summed E-state index contributed by atoms with van der Waals surface area (Å²) in [5.74, 6) is 0.618. The third kappa shape index (κ3) is 3.01. The summed E-state index contributed by atoms with van der Waals surface area (Å²) in [6.45, 7) is 2.79. The van der Waals surface area contributed by atoms with Crippen molar-refractivity contribution in [1.82, 2.24) is 18.9 Å². The molecule has 0 unspecified atom stereocenters. The summed E-state index contributed by atoms with van der Waals surface area (Å²) in [7, 11) is 1.62. The molecule has 8 nitrogen and oxygen atoms in total. The molecule has 2 amide bonds. The molecule has 4 rings (SSSR count). The third-order valence-corrected chi connectivity index (χ3v) is 5.28. The van der Waals surface area contributed by atoms with Crippen molar-refractivity contribution in [2.24, 2.45) is 0 Å². The number of hydrogen-bond donors (Lipinski definition) is 0. The van der Waals surface area contributed by atoms with Crippen LogP contribution < -0.4 is 10.4 Å². The van der Waals surface area contributed by atoms with Crippen LogP contribution in [0.25, 0.3) is 0 Å². The summed E-state index contributed by atoms with van der Waals surface area (Å²) in [4.78, 5) is 40.5. The average molecular weight is 370 g/mol. The summed E-state index contributed by atoms with van der Waals surface area (Å²) >= 11 is 0. The Hall–Kier alpha value is -3.03. The minimum absolute atomic E-state index is 0.148. The van der Waals surface area contributed by atoms with Crippen LogP contribution in [-0.2, 0) is 31.0 Å². The number of rotatable bonds is 4. The molecule has 0 spiro atoms. The van der Waals surface area contributed by atoms with Crippen LogP contribution in [0, 0.1) is 0 Å². The minimum atomic E-state index is -0.151. The molecule has 2 aliphatic rings. The van der Waals surface area contributed by atoms with Gasteiger partial charge in [0, 0.05) is 32.7 Å². The molecule has 0 radical (unpaired) electrons. The molecule has 0 atom stereocenters. The third-order valence-electron chi connectivity index (χ3n) is 5.28. The van der Waals surface area contributed by atoms with Crippen LogP contribution in [0.15, 0.2) is 29.1 Å². The van der Waals surface area contributed by atoms with Gasteiger partial charge in [-0.05, 0) is 24.1 Å². The second-order valence-electron chi connectivity index (χ2n) is 6.89. The van der Waals surface area contributed by atoms with E-state index < -0.39 is 0 Å². The molecule has 27 heavy (non-hydrogen) atoms. The molecule has 0 N–H and O–H groups in total. The lowest BCUT2D eigenvalue weighted by Crippen LogP contribution is -2.37. The van der Waals surface area contributed by atoms with Gasteiger partial charge in [-0.3, -0.25) is 18.7 Å². The Labute approximate surface area is 156 Å². The SMILES string of the molecule is COc1ccc(CN2CCCn3c(c4n(c3=O)CCN(C=O)C4)C2=O)cc1. The van der Waals surface area contributed by atoms with E-state index in [2.05, 4.69) is 0 Å². The van der Waals surface area contributed by atoms with Crippen molar-refractivity contribution in [2.75, 3.05) is 20.2 Å². The lowest BCUT2D eigenvalue weighted by Gasteiger charge is -2.26. The molecule has 1 aromatic carbocycles. The van der Waals surface area contributed by atoms with Gasteiger partial charge in [-0.15, -0.1) is 0 Å². The van der Waals surface area contributed by atoms with E-state index in [-0.39, 0.29) is 11.6 Å². The minimum Gasteiger partial charge on any atom is -0.497 e. The van der Waals surface area contributed by atoms with Crippen molar-refractivity contribution < 1.29 is 14.3 Å². The molecular formula is C19H22N4O4. The zero-order valence-corrected chi connectivity index (χ0v) is 15.3. The number of hydrogen-bond acceptors (Lipinski definition) is 4. The molecule has 8 heteroatoms. The van der Waals surface area contributed by atoms with Gasteiger partial charge in [0.2, 0.25) is 6.41 Å². The smallest absolute Gasteiger partial charge is 0.329 e. The fourth-order valence-corrected chi connectivity index (χ4v) is 3.84. The summed E-state index contributed by atoms with van der Waals surface area (Å²) in [6, 6.07) is 7.62. The van der Waals surface area contributed by atoms with Gasteiger partial charge in [0.15, 0.2) is 0 Å². The fourth-order valence-electron chi connectivity index (χ4n) is 3.84.